The minimum atomic E-state index is 0.535. The molecular weight excluding hydrogens is 160 g/mol. The summed E-state index contributed by atoms with van der Waals surface area (Å²) in [6.07, 6.45) is 8.22. The zero-order chi connectivity index (χ0) is 9.68. The van der Waals surface area contributed by atoms with Gasteiger partial charge in [0.25, 0.3) is 0 Å². The zero-order valence-corrected chi connectivity index (χ0v) is 9.05. The first-order chi connectivity index (χ1) is 6.27. The smallest absolute Gasteiger partial charge is 0.0238 e. The van der Waals surface area contributed by atoms with E-state index in [1.165, 1.54) is 38.5 Å². The molecule has 0 spiro atoms. The van der Waals surface area contributed by atoms with E-state index < -0.39 is 0 Å². The van der Waals surface area contributed by atoms with Gasteiger partial charge >= 0.3 is 0 Å². The molecule has 0 saturated heterocycles. The first-order valence-electron chi connectivity index (χ1n) is 5.74. The van der Waals surface area contributed by atoms with Crippen LogP contribution in [-0.4, -0.2) is 6.04 Å². The van der Waals surface area contributed by atoms with Crippen LogP contribution >= 0.6 is 0 Å². The van der Waals surface area contributed by atoms with Crippen molar-refractivity contribution in [1.29, 1.82) is 0 Å². The van der Waals surface area contributed by atoms with Gasteiger partial charge in [0, 0.05) is 6.04 Å². The number of rotatable bonds is 5. The number of hydrogen-bond acceptors (Lipinski definition) is 2. The maximum atomic E-state index is 5.58. The molecule has 0 amide bonds. The summed E-state index contributed by atoms with van der Waals surface area (Å²) in [4.78, 5) is 0. The van der Waals surface area contributed by atoms with Gasteiger partial charge in [-0.25, -0.2) is 0 Å². The molecule has 2 heteroatoms. The van der Waals surface area contributed by atoms with Gasteiger partial charge in [0.1, 0.15) is 0 Å². The summed E-state index contributed by atoms with van der Waals surface area (Å²) >= 11 is 0. The molecule has 1 saturated carbocycles. The Labute approximate surface area is 82.2 Å². The zero-order valence-electron chi connectivity index (χ0n) is 9.05. The van der Waals surface area contributed by atoms with Gasteiger partial charge in [0.05, 0.1) is 0 Å². The molecule has 2 atom stereocenters. The van der Waals surface area contributed by atoms with Crippen molar-refractivity contribution in [2.45, 2.75) is 58.4 Å². The Kier molecular flexibility index (Phi) is 4.74. The van der Waals surface area contributed by atoms with Gasteiger partial charge in [0.15, 0.2) is 0 Å². The molecule has 0 aromatic carbocycles. The molecule has 1 rings (SSSR count). The average Bonchev–Trinajstić information content (AvgIpc) is 2.65. The van der Waals surface area contributed by atoms with Crippen molar-refractivity contribution < 1.29 is 0 Å². The Morgan fingerprint density at radius 3 is 2.46 bits per heavy atom. The number of nitrogens with two attached hydrogens (primary N) is 1. The molecule has 2 nitrogen and oxygen atoms in total. The third-order valence-electron chi connectivity index (χ3n) is 3.61. The molecule has 0 radical (unpaired) electrons. The third kappa shape index (κ3) is 3.28. The lowest BCUT2D eigenvalue weighted by atomic mass is 9.90. The number of hydrogen-bond donors (Lipinski definition) is 2. The predicted molar refractivity (Wildman–Crippen MR) is 57.1 cm³/mol. The van der Waals surface area contributed by atoms with Crippen LogP contribution in [0, 0.1) is 11.8 Å². The van der Waals surface area contributed by atoms with Crippen LogP contribution in [0.4, 0.5) is 0 Å². The SMILES string of the molecule is CCC(C)C(CC1CCCC1)NN. The van der Waals surface area contributed by atoms with E-state index in [4.69, 9.17) is 5.84 Å². The lowest BCUT2D eigenvalue weighted by molar-refractivity contribution is 0.303. The number of hydrazine groups is 1. The lowest BCUT2D eigenvalue weighted by Gasteiger charge is -2.24. The Hall–Kier alpha value is -0.0800. The molecule has 0 aromatic rings. The van der Waals surface area contributed by atoms with E-state index >= 15 is 0 Å². The van der Waals surface area contributed by atoms with E-state index in [0.717, 1.165) is 5.92 Å². The molecular formula is C11H24N2. The molecule has 0 bridgehead atoms. The Morgan fingerprint density at radius 2 is 2.00 bits per heavy atom. The predicted octanol–water partition coefficient (Wildman–Crippen LogP) is 2.44. The van der Waals surface area contributed by atoms with E-state index in [2.05, 4.69) is 19.3 Å². The van der Waals surface area contributed by atoms with Crippen molar-refractivity contribution in [3.05, 3.63) is 0 Å². The highest BCUT2D eigenvalue weighted by molar-refractivity contribution is 4.77. The van der Waals surface area contributed by atoms with Crippen molar-refractivity contribution >= 4 is 0 Å². The molecule has 13 heavy (non-hydrogen) atoms. The second-order valence-corrected chi connectivity index (χ2v) is 4.54. The lowest BCUT2D eigenvalue weighted by Crippen LogP contribution is -2.40. The van der Waals surface area contributed by atoms with Gasteiger partial charge < -0.3 is 0 Å². The normalized spacial score (nSPS) is 23.3. The highest BCUT2D eigenvalue weighted by Crippen LogP contribution is 2.30. The second kappa shape index (κ2) is 5.61. The van der Waals surface area contributed by atoms with Gasteiger partial charge in [-0.15, -0.1) is 0 Å². The van der Waals surface area contributed by atoms with Crippen LogP contribution in [-0.2, 0) is 0 Å². The highest BCUT2D eigenvalue weighted by atomic mass is 15.2. The molecule has 1 aliphatic rings. The Balaban J connectivity index is 2.29. The average molecular weight is 184 g/mol. The topological polar surface area (TPSA) is 38.0 Å². The fourth-order valence-electron chi connectivity index (χ4n) is 2.35. The van der Waals surface area contributed by atoms with Crippen LogP contribution in [0.2, 0.25) is 0 Å². The summed E-state index contributed by atoms with van der Waals surface area (Å²) in [6, 6.07) is 0.535. The van der Waals surface area contributed by atoms with Crippen LogP contribution in [0.3, 0.4) is 0 Å². The minimum Gasteiger partial charge on any atom is -0.271 e. The van der Waals surface area contributed by atoms with Crippen molar-refractivity contribution in [2.24, 2.45) is 17.7 Å². The molecule has 0 heterocycles. The summed E-state index contributed by atoms with van der Waals surface area (Å²) in [7, 11) is 0. The summed E-state index contributed by atoms with van der Waals surface area (Å²) in [5.41, 5.74) is 2.98. The highest BCUT2D eigenvalue weighted by Gasteiger charge is 2.22. The van der Waals surface area contributed by atoms with Gasteiger partial charge in [0.2, 0.25) is 0 Å². The van der Waals surface area contributed by atoms with Crippen LogP contribution in [0.5, 0.6) is 0 Å². The molecule has 78 valence electrons. The maximum Gasteiger partial charge on any atom is 0.0238 e. The summed E-state index contributed by atoms with van der Waals surface area (Å²) in [5, 5.41) is 0. The molecule has 0 aliphatic heterocycles. The molecule has 0 aromatic heterocycles. The Morgan fingerprint density at radius 1 is 1.38 bits per heavy atom. The summed E-state index contributed by atoms with van der Waals surface area (Å²) < 4.78 is 0. The molecule has 1 aliphatic carbocycles. The van der Waals surface area contributed by atoms with E-state index in [1.807, 2.05) is 0 Å². The van der Waals surface area contributed by atoms with Crippen molar-refractivity contribution in [1.82, 2.24) is 5.43 Å². The van der Waals surface area contributed by atoms with Gasteiger partial charge in [-0.1, -0.05) is 46.0 Å². The quantitative estimate of drug-likeness (QED) is 0.509. The van der Waals surface area contributed by atoms with Gasteiger partial charge in [-0.05, 0) is 18.3 Å². The third-order valence-corrected chi connectivity index (χ3v) is 3.61. The molecule has 1 fully saturated rings. The first kappa shape index (κ1) is 11.0. The Bertz CT molecular complexity index is 130. The monoisotopic (exact) mass is 184 g/mol. The minimum absolute atomic E-state index is 0.535. The van der Waals surface area contributed by atoms with Crippen molar-refractivity contribution in [2.75, 3.05) is 0 Å². The summed E-state index contributed by atoms with van der Waals surface area (Å²) in [5.74, 6) is 7.23. The molecule has 3 N–H and O–H groups in total. The van der Waals surface area contributed by atoms with Crippen LogP contribution in [0.25, 0.3) is 0 Å². The van der Waals surface area contributed by atoms with Crippen molar-refractivity contribution in [3.63, 3.8) is 0 Å². The largest absolute Gasteiger partial charge is 0.271 e. The van der Waals surface area contributed by atoms with Gasteiger partial charge in [-0.3, -0.25) is 11.3 Å². The molecule has 2 unspecified atom stereocenters. The van der Waals surface area contributed by atoms with Crippen LogP contribution < -0.4 is 11.3 Å². The van der Waals surface area contributed by atoms with Crippen LogP contribution in [0.1, 0.15) is 52.4 Å². The fraction of sp³-hybridized carbons (Fsp3) is 1.00. The standard InChI is InChI=1S/C11H24N2/c1-3-9(2)11(13-12)8-10-6-4-5-7-10/h9-11,13H,3-8,12H2,1-2H3. The first-order valence-corrected chi connectivity index (χ1v) is 5.74. The van der Waals surface area contributed by atoms with Crippen LogP contribution in [0.15, 0.2) is 0 Å². The van der Waals surface area contributed by atoms with E-state index in [-0.39, 0.29) is 0 Å². The van der Waals surface area contributed by atoms with E-state index in [9.17, 15) is 0 Å². The second-order valence-electron chi connectivity index (χ2n) is 4.54. The number of nitrogens with one attached hydrogen (secondary N) is 1. The van der Waals surface area contributed by atoms with Crippen molar-refractivity contribution in [3.8, 4) is 0 Å². The van der Waals surface area contributed by atoms with E-state index in [0.29, 0.717) is 12.0 Å². The van der Waals surface area contributed by atoms with E-state index in [1.54, 1.807) is 0 Å². The summed E-state index contributed by atoms with van der Waals surface area (Å²) in [6.45, 7) is 4.53. The maximum absolute atomic E-state index is 5.58. The van der Waals surface area contributed by atoms with Gasteiger partial charge in [-0.2, -0.15) is 0 Å². The fourth-order valence-corrected chi connectivity index (χ4v) is 2.35.